The number of nitrogens with zero attached hydrogens (tertiary/aromatic N) is 5. The topological polar surface area (TPSA) is 70.9 Å². The van der Waals surface area contributed by atoms with Crippen molar-refractivity contribution in [1.29, 1.82) is 0 Å². The van der Waals surface area contributed by atoms with Crippen molar-refractivity contribution in [3.05, 3.63) is 24.0 Å². The maximum atomic E-state index is 13.4. The van der Waals surface area contributed by atoms with Crippen LogP contribution < -0.4 is 15.5 Å². The van der Waals surface area contributed by atoms with Crippen LogP contribution in [0.15, 0.2) is 18.3 Å². The van der Waals surface area contributed by atoms with E-state index in [-0.39, 0.29) is 18.9 Å². The van der Waals surface area contributed by atoms with Crippen LogP contribution in [0.2, 0.25) is 0 Å². The minimum absolute atomic E-state index is 0.0323. The number of piperazine rings is 1. The standard InChI is InChI=1S/C18H25F2N7/c1-13-4-9-27(25-13)16-12-15(26-10-7-21-8-11-26)23-17(24-16)22-14-2-5-18(19,20)6-3-14/h4,9,12,14,21H,2-3,5-8,10-11H2,1H3,(H,22,23,24). The monoisotopic (exact) mass is 377 g/mol. The minimum atomic E-state index is -2.54. The molecule has 4 rings (SSSR count). The highest BCUT2D eigenvalue weighted by Gasteiger charge is 2.35. The highest BCUT2D eigenvalue weighted by Crippen LogP contribution is 2.34. The van der Waals surface area contributed by atoms with E-state index >= 15 is 0 Å². The van der Waals surface area contributed by atoms with Crippen LogP contribution in [0.25, 0.3) is 5.82 Å². The van der Waals surface area contributed by atoms with Gasteiger partial charge in [-0.3, -0.25) is 0 Å². The summed E-state index contributed by atoms with van der Waals surface area (Å²) in [5, 5.41) is 11.1. The molecular formula is C18H25F2N7. The lowest BCUT2D eigenvalue weighted by atomic mass is 9.92. The first-order valence-electron chi connectivity index (χ1n) is 9.50. The second-order valence-electron chi connectivity index (χ2n) is 7.32. The molecule has 1 aliphatic heterocycles. The summed E-state index contributed by atoms with van der Waals surface area (Å²) in [5.41, 5.74) is 0.904. The van der Waals surface area contributed by atoms with Crippen molar-refractivity contribution in [2.45, 2.75) is 44.6 Å². The first-order valence-corrected chi connectivity index (χ1v) is 9.50. The Morgan fingerprint density at radius 3 is 2.52 bits per heavy atom. The van der Waals surface area contributed by atoms with Gasteiger partial charge in [-0.1, -0.05) is 0 Å². The van der Waals surface area contributed by atoms with Crippen LogP contribution in [0.4, 0.5) is 20.5 Å². The molecule has 2 aromatic heterocycles. The second-order valence-corrected chi connectivity index (χ2v) is 7.32. The van der Waals surface area contributed by atoms with Crippen molar-refractivity contribution in [3.8, 4) is 5.82 Å². The van der Waals surface area contributed by atoms with Crippen LogP contribution in [0.1, 0.15) is 31.4 Å². The lowest BCUT2D eigenvalue weighted by Gasteiger charge is -2.30. The third-order valence-electron chi connectivity index (χ3n) is 5.15. The Labute approximate surface area is 157 Å². The molecule has 2 N–H and O–H groups in total. The summed E-state index contributed by atoms with van der Waals surface area (Å²) < 4.78 is 28.6. The molecule has 0 aromatic carbocycles. The Hall–Kier alpha value is -2.29. The molecule has 0 amide bonds. The number of rotatable bonds is 4. The average Bonchev–Trinajstić information content (AvgIpc) is 3.10. The molecule has 146 valence electrons. The predicted molar refractivity (Wildman–Crippen MR) is 99.8 cm³/mol. The Bertz CT molecular complexity index is 776. The molecule has 2 fully saturated rings. The van der Waals surface area contributed by atoms with Crippen LogP contribution in [0.5, 0.6) is 0 Å². The van der Waals surface area contributed by atoms with E-state index in [0.717, 1.165) is 37.7 Å². The maximum absolute atomic E-state index is 13.4. The van der Waals surface area contributed by atoms with Crippen molar-refractivity contribution in [1.82, 2.24) is 25.1 Å². The van der Waals surface area contributed by atoms with Gasteiger partial charge < -0.3 is 15.5 Å². The number of aryl methyl sites for hydroxylation is 1. The van der Waals surface area contributed by atoms with E-state index in [1.54, 1.807) is 4.68 Å². The Morgan fingerprint density at radius 2 is 1.85 bits per heavy atom. The first-order chi connectivity index (χ1) is 13.0. The van der Waals surface area contributed by atoms with Gasteiger partial charge in [0.25, 0.3) is 0 Å². The molecule has 7 nitrogen and oxygen atoms in total. The van der Waals surface area contributed by atoms with Crippen LogP contribution in [0, 0.1) is 6.92 Å². The molecule has 1 aliphatic carbocycles. The van der Waals surface area contributed by atoms with E-state index in [1.165, 1.54) is 0 Å². The maximum Gasteiger partial charge on any atom is 0.248 e. The van der Waals surface area contributed by atoms with Crippen LogP contribution in [-0.2, 0) is 0 Å². The Balaban J connectivity index is 1.59. The van der Waals surface area contributed by atoms with Crippen molar-refractivity contribution < 1.29 is 8.78 Å². The molecule has 0 atom stereocenters. The lowest BCUT2D eigenvalue weighted by Crippen LogP contribution is -2.44. The summed E-state index contributed by atoms with van der Waals surface area (Å²) in [5.74, 6) is -0.558. The summed E-state index contributed by atoms with van der Waals surface area (Å²) in [7, 11) is 0. The van der Waals surface area contributed by atoms with Crippen LogP contribution in [-0.4, -0.2) is 57.9 Å². The third-order valence-corrected chi connectivity index (χ3v) is 5.15. The zero-order valence-corrected chi connectivity index (χ0v) is 15.5. The SMILES string of the molecule is Cc1ccn(-c2cc(N3CCNCC3)nc(NC3CCC(F)(F)CC3)n2)n1. The zero-order chi connectivity index (χ0) is 18.9. The van der Waals surface area contributed by atoms with E-state index in [4.69, 9.17) is 0 Å². The molecule has 1 saturated heterocycles. The van der Waals surface area contributed by atoms with E-state index in [0.29, 0.717) is 24.6 Å². The zero-order valence-electron chi connectivity index (χ0n) is 15.5. The van der Waals surface area contributed by atoms with Gasteiger partial charge in [0.05, 0.1) is 5.69 Å². The summed E-state index contributed by atoms with van der Waals surface area (Å²) in [6.45, 7) is 5.46. The predicted octanol–water partition coefficient (Wildman–Crippen LogP) is 2.37. The van der Waals surface area contributed by atoms with Crippen molar-refractivity contribution in [2.24, 2.45) is 0 Å². The molecule has 2 aliphatic rings. The fourth-order valence-electron chi connectivity index (χ4n) is 3.57. The summed E-state index contributed by atoms with van der Waals surface area (Å²) in [4.78, 5) is 11.5. The second kappa shape index (κ2) is 7.38. The average molecular weight is 377 g/mol. The van der Waals surface area contributed by atoms with Gasteiger partial charge >= 0.3 is 0 Å². The van der Waals surface area contributed by atoms with Gasteiger partial charge in [-0.05, 0) is 25.8 Å². The van der Waals surface area contributed by atoms with Crippen molar-refractivity contribution >= 4 is 11.8 Å². The molecule has 0 unspecified atom stereocenters. The molecular weight excluding hydrogens is 352 g/mol. The number of aromatic nitrogens is 4. The lowest BCUT2D eigenvalue weighted by molar-refractivity contribution is -0.0361. The number of nitrogens with one attached hydrogen (secondary N) is 2. The molecule has 3 heterocycles. The highest BCUT2D eigenvalue weighted by molar-refractivity contribution is 5.49. The van der Waals surface area contributed by atoms with E-state index in [2.05, 4.69) is 30.6 Å². The van der Waals surface area contributed by atoms with Gasteiger partial charge in [-0.15, -0.1) is 0 Å². The van der Waals surface area contributed by atoms with Crippen molar-refractivity contribution in [2.75, 3.05) is 36.4 Å². The number of hydrogen-bond acceptors (Lipinski definition) is 6. The molecule has 27 heavy (non-hydrogen) atoms. The molecule has 9 heteroatoms. The van der Waals surface area contributed by atoms with Gasteiger partial charge in [0.2, 0.25) is 11.9 Å². The molecule has 2 aromatic rings. The fourth-order valence-corrected chi connectivity index (χ4v) is 3.57. The van der Waals surface area contributed by atoms with Crippen molar-refractivity contribution in [3.63, 3.8) is 0 Å². The van der Waals surface area contributed by atoms with Gasteiger partial charge in [0, 0.05) is 57.3 Å². The van der Waals surface area contributed by atoms with Gasteiger partial charge in [-0.25, -0.2) is 13.5 Å². The molecule has 0 bridgehead atoms. The summed E-state index contributed by atoms with van der Waals surface area (Å²) in [6, 6.07) is 3.82. The minimum Gasteiger partial charge on any atom is -0.354 e. The normalized spacial score (nSPS) is 20.6. The summed E-state index contributed by atoms with van der Waals surface area (Å²) >= 11 is 0. The van der Waals surface area contributed by atoms with E-state index in [1.807, 2.05) is 25.3 Å². The van der Waals surface area contributed by atoms with Gasteiger partial charge in [-0.2, -0.15) is 15.1 Å². The largest absolute Gasteiger partial charge is 0.354 e. The smallest absolute Gasteiger partial charge is 0.248 e. The van der Waals surface area contributed by atoms with E-state index < -0.39 is 5.92 Å². The van der Waals surface area contributed by atoms with E-state index in [9.17, 15) is 8.78 Å². The Morgan fingerprint density at radius 1 is 1.15 bits per heavy atom. The molecule has 1 saturated carbocycles. The number of hydrogen-bond donors (Lipinski definition) is 2. The quantitative estimate of drug-likeness (QED) is 0.853. The van der Waals surface area contributed by atoms with Crippen LogP contribution >= 0.6 is 0 Å². The first kappa shape index (κ1) is 18.1. The fraction of sp³-hybridized carbons (Fsp3) is 0.611. The van der Waals surface area contributed by atoms with Gasteiger partial charge in [0.1, 0.15) is 5.82 Å². The number of alkyl halides is 2. The number of halogens is 2. The highest BCUT2D eigenvalue weighted by atomic mass is 19.3. The summed E-state index contributed by atoms with van der Waals surface area (Å²) in [6.07, 6.45) is 2.53. The molecule has 0 radical (unpaired) electrons. The number of anilines is 2. The molecule has 0 spiro atoms. The van der Waals surface area contributed by atoms with Gasteiger partial charge in [0.15, 0.2) is 5.82 Å². The van der Waals surface area contributed by atoms with Crippen LogP contribution in [0.3, 0.4) is 0 Å². The third kappa shape index (κ3) is 4.35. The Kier molecular flexibility index (Phi) is 4.94.